The van der Waals surface area contributed by atoms with Crippen molar-refractivity contribution in [3.8, 4) is 17.3 Å². The van der Waals surface area contributed by atoms with Crippen molar-refractivity contribution in [3.05, 3.63) is 223 Å². The molecule has 0 fully saturated rings. The van der Waals surface area contributed by atoms with Gasteiger partial charge in [0.05, 0.1) is 0 Å². The first-order valence-electron chi connectivity index (χ1n) is 21.8. The number of nitrogens with zero attached hydrogens (tertiary/aromatic N) is 4. The average molecular weight is 1020 g/mol. The third-order valence-electron chi connectivity index (χ3n) is 12.9. The predicted molar refractivity (Wildman–Crippen MR) is 260 cm³/mol. The molecule has 5 nitrogen and oxygen atoms in total. The Bertz CT molecular complexity index is 3130. The fraction of sp³-hybridized carbons (Fsp3) is 0.172. The van der Waals surface area contributed by atoms with Crippen LogP contribution in [0, 0.1) is 18.8 Å². The molecule has 0 saturated heterocycles. The molecule has 1 aliphatic rings. The second-order valence-electron chi connectivity index (χ2n) is 18.7. The molecule has 1 aliphatic heterocycles. The molecule has 0 radical (unpaired) electrons. The topological polar surface area (TPSA) is 33.5 Å². The summed E-state index contributed by atoms with van der Waals surface area (Å²) in [5, 5.41) is 2.22. The normalized spacial score (nSPS) is 13.0. The zero-order valence-electron chi connectivity index (χ0n) is 37.3. The van der Waals surface area contributed by atoms with Gasteiger partial charge in [0.2, 0.25) is 0 Å². The molecule has 0 bridgehead atoms. The Morgan fingerprint density at radius 3 is 1.78 bits per heavy atom. The summed E-state index contributed by atoms with van der Waals surface area (Å²) >= 11 is 0. The van der Waals surface area contributed by atoms with Crippen molar-refractivity contribution in [3.63, 3.8) is 0 Å². The Balaban J connectivity index is 0.00000518. The fourth-order valence-corrected chi connectivity index (χ4v) is 8.97. The number of rotatable bonds is 9. The van der Waals surface area contributed by atoms with Crippen LogP contribution in [0.4, 0.5) is 22.7 Å². The fourth-order valence-electron chi connectivity index (χ4n) is 8.97. The van der Waals surface area contributed by atoms with E-state index in [0.717, 1.165) is 50.4 Å². The molecule has 0 N–H and O–H groups in total. The molecule has 3 heterocycles. The van der Waals surface area contributed by atoms with E-state index in [1.54, 1.807) is 0 Å². The quantitative estimate of drug-likeness (QED) is 0.135. The van der Waals surface area contributed by atoms with Crippen molar-refractivity contribution in [1.82, 2.24) is 9.55 Å². The van der Waals surface area contributed by atoms with Crippen molar-refractivity contribution in [2.45, 2.75) is 64.7 Å². The molecule has 0 spiro atoms. The summed E-state index contributed by atoms with van der Waals surface area (Å²) in [4.78, 5) is 9.42. The summed E-state index contributed by atoms with van der Waals surface area (Å²) in [5.41, 5.74) is 11.9. The monoisotopic (exact) mass is 1010 g/mol. The Morgan fingerprint density at radius 2 is 1.09 bits per heavy atom. The molecule has 64 heavy (non-hydrogen) atoms. The minimum Gasteiger partial charge on any atom is -0.509 e. The predicted octanol–water partition coefficient (Wildman–Crippen LogP) is 14.9. The van der Waals surface area contributed by atoms with Crippen molar-refractivity contribution < 1.29 is 25.8 Å². The Hall–Kier alpha value is -6.42. The third-order valence-corrected chi connectivity index (χ3v) is 12.9. The van der Waals surface area contributed by atoms with Gasteiger partial charge in [-0.15, -0.1) is 48.1 Å². The zero-order chi connectivity index (χ0) is 43.5. The molecule has 10 rings (SSSR count). The van der Waals surface area contributed by atoms with Gasteiger partial charge >= 0.3 is 0 Å². The van der Waals surface area contributed by atoms with Crippen molar-refractivity contribution in [2.75, 3.05) is 9.80 Å². The third kappa shape index (κ3) is 7.71. The van der Waals surface area contributed by atoms with E-state index in [0.29, 0.717) is 11.5 Å². The molecule has 7 aromatic carbocycles. The number of ether oxygens (including phenoxy) is 1. The van der Waals surface area contributed by atoms with Crippen molar-refractivity contribution in [1.29, 1.82) is 0 Å². The van der Waals surface area contributed by atoms with Gasteiger partial charge in [0.15, 0.2) is 0 Å². The molecular weight excluding hydrogens is 964 g/mol. The summed E-state index contributed by atoms with van der Waals surface area (Å²) in [5.74, 6) is 2.05. The minimum absolute atomic E-state index is 0. The van der Waals surface area contributed by atoms with Crippen LogP contribution in [0.2, 0.25) is 0 Å². The van der Waals surface area contributed by atoms with Gasteiger partial charge in [0, 0.05) is 72.2 Å². The van der Waals surface area contributed by atoms with Gasteiger partial charge < -0.3 is 19.1 Å². The summed E-state index contributed by atoms with van der Waals surface area (Å²) in [6, 6.07) is 67.5. The summed E-state index contributed by atoms with van der Waals surface area (Å²) in [7, 11) is 0. The van der Waals surface area contributed by atoms with E-state index in [2.05, 4.69) is 233 Å². The Labute approximate surface area is 392 Å². The first kappa shape index (κ1) is 42.9. The van der Waals surface area contributed by atoms with Crippen molar-refractivity contribution >= 4 is 44.6 Å². The Kier molecular flexibility index (Phi) is 11.1. The van der Waals surface area contributed by atoms with Crippen LogP contribution in [-0.2, 0) is 37.3 Å². The van der Waals surface area contributed by atoms with Gasteiger partial charge in [-0.3, -0.25) is 0 Å². The SMILES string of the molecule is CC(C)(C)c1ccnc(-n2c3[c-]c(Oc4[c-]c(N5[CH-]N(c6cccc(C(C)(C)c7ccccc7)c6)c6ccccc65)ccc4)ccc3c3ccc(C(C)(C)c4ccccc4)cc32)c1.[Pt]. The minimum atomic E-state index is -0.218. The van der Waals surface area contributed by atoms with Crippen LogP contribution in [0.3, 0.4) is 0 Å². The van der Waals surface area contributed by atoms with Gasteiger partial charge in [-0.05, 0) is 81.1 Å². The van der Waals surface area contributed by atoms with E-state index in [4.69, 9.17) is 9.72 Å². The van der Waals surface area contributed by atoms with Crippen molar-refractivity contribution in [2.24, 2.45) is 0 Å². The average Bonchev–Trinajstić information content (AvgIpc) is 3.85. The first-order valence-corrected chi connectivity index (χ1v) is 21.8. The van der Waals surface area contributed by atoms with E-state index >= 15 is 0 Å². The number of pyridine rings is 1. The number of para-hydroxylation sites is 2. The first-order chi connectivity index (χ1) is 30.4. The van der Waals surface area contributed by atoms with Crippen LogP contribution in [-0.4, -0.2) is 9.55 Å². The van der Waals surface area contributed by atoms with Crippen LogP contribution >= 0.6 is 0 Å². The van der Waals surface area contributed by atoms with Gasteiger partial charge in [0.1, 0.15) is 5.82 Å². The molecule has 9 aromatic rings. The van der Waals surface area contributed by atoms with Crippen LogP contribution in [0.15, 0.2) is 176 Å². The second kappa shape index (κ2) is 16.6. The number of anilines is 4. The molecule has 322 valence electrons. The maximum absolute atomic E-state index is 6.68. The van der Waals surface area contributed by atoms with E-state index in [1.807, 2.05) is 24.4 Å². The maximum Gasteiger partial charge on any atom is 0.135 e. The van der Waals surface area contributed by atoms with E-state index < -0.39 is 0 Å². The maximum atomic E-state index is 6.68. The van der Waals surface area contributed by atoms with E-state index in [-0.39, 0.29) is 37.3 Å². The molecule has 0 atom stereocenters. The van der Waals surface area contributed by atoms with Crippen LogP contribution < -0.4 is 14.5 Å². The van der Waals surface area contributed by atoms with E-state index in [1.165, 1.54) is 27.8 Å². The number of aromatic nitrogens is 2. The summed E-state index contributed by atoms with van der Waals surface area (Å²) in [6.07, 6.45) is 1.92. The zero-order valence-corrected chi connectivity index (χ0v) is 39.6. The largest absolute Gasteiger partial charge is 0.509 e. The standard InChI is InChI=1S/C58H51N4O.Pt/c1-56(2,3)42-32-33-59-55(36-42)62-53-35-44(58(6,7)41-20-12-9-13-21-41)28-30-49(53)50-31-29-48(38-54(50)62)63-47-25-17-24-46(37-47)61-39-60(51-26-14-15-27-52(51)61)45-23-16-22-43(34-45)57(4,5)40-18-10-8-11-19-40;/h8-36,39H,1-7H3;/q-3;. The molecule has 0 saturated carbocycles. The van der Waals surface area contributed by atoms with Crippen LogP contribution in [0.5, 0.6) is 11.5 Å². The number of benzene rings is 7. The molecule has 2 aromatic heterocycles. The van der Waals surface area contributed by atoms with Crippen LogP contribution in [0.1, 0.15) is 76.3 Å². The summed E-state index contributed by atoms with van der Waals surface area (Å²) < 4.78 is 8.93. The van der Waals surface area contributed by atoms with E-state index in [9.17, 15) is 0 Å². The molecule has 6 heteroatoms. The number of hydrogen-bond acceptors (Lipinski definition) is 4. The molecular formula is C58H51N4OPt-3. The number of fused-ring (bicyclic) bond motifs is 4. The van der Waals surface area contributed by atoms with Gasteiger partial charge in [-0.25, -0.2) is 4.98 Å². The van der Waals surface area contributed by atoms with Gasteiger partial charge in [-0.2, -0.15) is 12.1 Å². The van der Waals surface area contributed by atoms with Crippen LogP contribution in [0.25, 0.3) is 27.6 Å². The Morgan fingerprint density at radius 1 is 0.500 bits per heavy atom. The second-order valence-corrected chi connectivity index (χ2v) is 18.7. The van der Waals surface area contributed by atoms with Gasteiger partial charge in [0.25, 0.3) is 0 Å². The molecule has 0 amide bonds. The molecule has 0 unspecified atom stereocenters. The van der Waals surface area contributed by atoms with Gasteiger partial charge in [-0.1, -0.05) is 151 Å². The number of hydrogen-bond donors (Lipinski definition) is 0. The summed E-state index contributed by atoms with van der Waals surface area (Å²) in [6.45, 7) is 18.0. The smallest absolute Gasteiger partial charge is 0.135 e. The molecule has 0 aliphatic carbocycles.